The van der Waals surface area contributed by atoms with Crippen LogP contribution in [0.5, 0.6) is 0 Å². The van der Waals surface area contributed by atoms with Crippen molar-refractivity contribution >= 4 is 5.84 Å². The van der Waals surface area contributed by atoms with Crippen LogP contribution in [0.15, 0.2) is 4.99 Å². The van der Waals surface area contributed by atoms with E-state index in [1.54, 1.807) is 6.92 Å². The molecule has 0 fully saturated rings. The molecule has 0 aromatic rings. The Labute approximate surface area is 101 Å². The predicted octanol–water partition coefficient (Wildman–Crippen LogP) is 3.53. The summed E-state index contributed by atoms with van der Waals surface area (Å²) < 4.78 is 35.5. The van der Waals surface area contributed by atoms with Gasteiger partial charge in [-0.25, -0.2) is 0 Å². The average Bonchev–Trinajstić information content (AvgIpc) is 1.94. The van der Waals surface area contributed by atoms with Gasteiger partial charge in [0, 0.05) is 26.0 Å². The van der Waals surface area contributed by atoms with Gasteiger partial charge in [0.25, 0.3) is 0 Å². The quantitative estimate of drug-likeness (QED) is 0.418. The van der Waals surface area contributed by atoms with Crippen molar-refractivity contribution in [2.75, 3.05) is 6.54 Å². The van der Waals surface area contributed by atoms with Crippen LogP contribution in [0, 0.1) is 0 Å². The first-order chi connectivity index (χ1) is 6.14. The van der Waals surface area contributed by atoms with Gasteiger partial charge in [0.1, 0.15) is 0 Å². The Morgan fingerprint density at radius 3 is 1.93 bits per heavy atom. The first-order valence-corrected chi connectivity index (χ1v) is 4.47. The van der Waals surface area contributed by atoms with Gasteiger partial charge in [-0.2, -0.15) is 13.2 Å². The fourth-order valence-electron chi connectivity index (χ4n) is 0.794. The number of rotatable bonds is 2. The van der Waals surface area contributed by atoms with Crippen LogP contribution in [0.25, 0.3) is 5.32 Å². The third kappa shape index (κ3) is 11.8. The topological polar surface area (TPSA) is 26.5 Å². The Bertz CT molecular complexity index is 206. The smallest absolute Gasteiger partial charge is 0.388 e. The predicted molar refractivity (Wildman–Crippen MR) is 51.8 cm³/mol. The molecule has 0 rings (SSSR count). The van der Waals surface area contributed by atoms with Gasteiger partial charge in [0.2, 0.25) is 0 Å². The fraction of sp³-hybridized carbons (Fsp3) is 0.889. The molecule has 0 amide bonds. The Morgan fingerprint density at radius 2 is 1.67 bits per heavy atom. The van der Waals surface area contributed by atoms with Gasteiger partial charge < -0.3 is 10.3 Å². The molecule has 0 aliphatic rings. The van der Waals surface area contributed by atoms with Gasteiger partial charge in [-0.1, -0.05) is 33.5 Å². The molecule has 0 unspecified atom stereocenters. The van der Waals surface area contributed by atoms with E-state index in [2.05, 4.69) is 10.3 Å². The van der Waals surface area contributed by atoms with Crippen molar-refractivity contribution < 1.29 is 32.6 Å². The van der Waals surface area contributed by atoms with Crippen LogP contribution in [0.4, 0.5) is 13.2 Å². The van der Waals surface area contributed by atoms with Crippen LogP contribution in [-0.2, 0) is 19.5 Å². The van der Waals surface area contributed by atoms with Gasteiger partial charge in [-0.15, -0.1) is 0 Å². The van der Waals surface area contributed by atoms with E-state index in [-0.39, 0.29) is 30.9 Å². The summed E-state index contributed by atoms with van der Waals surface area (Å²) in [6.07, 6.45) is -3.82. The zero-order chi connectivity index (χ0) is 11.4. The maximum Gasteiger partial charge on any atom is 0.388 e. The zero-order valence-electron chi connectivity index (χ0n) is 9.65. The van der Waals surface area contributed by atoms with Crippen molar-refractivity contribution in [3.05, 3.63) is 5.32 Å². The third-order valence-corrected chi connectivity index (χ3v) is 1.22. The van der Waals surface area contributed by atoms with Crippen LogP contribution < -0.4 is 0 Å². The maximum absolute atomic E-state index is 11.8. The Balaban J connectivity index is 0. The van der Waals surface area contributed by atoms with Crippen LogP contribution in [0.1, 0.15) is 34.1 Å². The summed E-state index contributed by atoms with van der Waals surface area (Å²) in [5, 5.41) is 3.42. The van der Waals surface area contributed by atoms with Crippen molar-refractivity contribution in [3.8, 4) is 0 Å². The molecule has 0 aliphatic carbocycles. The molecule has 0 N–H and O–H groups in total. The average molecular weight is 275 g/mol. The SMILES string of the molecule is CCC(=NC(C)(C)C)[N-]CC(F)(F)F.[Zn]. The molecular formula is C9H16F3N2Zn-. The minimum Gasteiger partial charge on any atom is -0.463 e. The number of hydrogen-bond acceptors (Lipinski definition) is 1. The molecule has 6 heteroatoms. The van der Waals surface area contributed by atoms with Crippen molar-refractivity contribution in [3.63, 3.8) is 0 Å². The van der Waals surface area contributed by atoms with Crippen molar-refractivity contribution in [1.29, 1.82) is 0 Å². The largest absolute Gasteiger partial charge is 0.463 e. The van der Waals surface area contributed by atoms with E-state index in [1.165, 1.54) is 0 Å². The van der Waals surface area contributed by atoms with E-state index in [9.17, 15) is 13.2 Å². The third-order valence-electron chi connectivity index (χ3n) is 1.22. The Hall–Kier alpha value is -0.117. The second-order valence-electron chi connectivity index (χ2n) is 3.98. The molecule has 0 spiro atoms. The molecule has 0 radical (unpaired) electrons. The Morgan fingerprint density at radius 1 is 1.20 bits per heavy atom. The number of hydrogen-bond donors (Lipinski definition) is 0. The molecule has 86 valence electrons. The standard InChI is InChI=1S/C9H16F3N2.Zn/c1-5-7(14-8(2,3)4)13-6-9(10,11)12;/h5-6H2,1-4H3;/q-1;. The van der Waals surface area contributed by atoms with E-state index in [4.69, 9.17) is 0 Å². The first kappa shape index (κ1) is 17.3. The molecule has 0 aliphatic heterocycles. The number of halogens is 3. The maximum atomic E-state index is 11.8. The molecule has 0 heterocycles. The van der Waals surface area contributed by atoms with E-state index >= 15 is 0 Å². The van der Waals surface area contributed by atoms with Gasteiger partial charge in [-0.05, 0) is 12.0 Å². The Kier molecular flexibility index (Phi) is 7.45. The van der Waals surface area contributed by atoms with Crippen molar-refractivity contribution in [2.24, 2.45) is 4.99 Å². The minimum absolute atomic E-state index is 0. The summed E-state index contributed by atoms with van der Waals surface area (Å²) in [5.41, 5.74) is -0.375. The molecule has 15 heavy (non-hydrogen) atoms. The minimum atomic E-state index is -4.24. The molecule has 0 atom stereocenters. The molecule has 0 bridgehead atoms. The summed E-state index contributed by atoms with van der Waals surface area (Å²) in [6, 6.07) is 0. The van der Waals surface area contributed by atoms with Crippen molar-refractivity contribution in [2.45, 2.75) is 45.8 Å². The summed E-state index contributed by atoms with van der Waals surface area (Å²) in [5.74, 6) is 0.273. The summed E-state index contributed by atoms with van der Waals surface area (Å²) in [4.78, 5) is 4.08. The number of amidine groups is 1. The fourth-order valence-corrected chi connectivity index (χ4v) is 0.794. The monoisotopic (exact) mass is 273 g/mol. The summed E-state index contributed by atoms with van der Waals surface area (Å²) in [6.45, 7) is 6.07. The zero-order valence-corrected chi connectivity index (χ0v) is 12.6. The van der Waals surface area contributed by atoms with Crippen LogP contribution in [0.2, 0.25) is 0 Å². The second kappa shape index (κ2) is 6.46. The summed E-state index contributed by atoms with van der Waals surface area (Å²) >= 11 is 0. The second-order valence-corrected chi connectivity index (χ2v) is 3.98. The van der Waals surface area contributed by atoms with E-state index in [0.29, 0.717) is 6.42 Å². The summed E-state index contributed by atoms with van der Waals surface area (Å²) in [7, 11) is 0. The van der Waals surface area contributed by atoms with Gasteiger partial charge in [-0.3, -0.25) is 0 Å². The van der Waals surface area contributed by atoms with Crippen LogP contribution in [0.3, 0.4) is 0 Å². The molecule has 0 aromatic heterocycles. The van der Waals surface area contributed by atoms with E-state index < -0.39 is 12.7 Å². The molecular weight excluding hydrogens is 258 g/mol. The molecule has 2 nitrogen and oxygen atoms in total. The van der Waals surface area contributed by atoms with E-state index in [1.807, 2.05) is 20.8 Å². The van der Waals surface area contributed by atoms with Gasteiger partial charge in [0.15, 0.2) is 0 Å². The van der Waals surface area contributed by atoms with Gasteiger partial charge >= 0.3 is 6.18 Å². The molecule has 0 saturated carbocycles. The van der Waals surface area contributed by atoms with E-state index in [0.717, 1.165) is 0 Å². The van der Waals surface area contributed by atoms with Gasteiger partial charge in [0.05, 0.1) is 0 Å². The number of aliphatic imine (C=N–C) groups is 1. The number of nitrogens with zero attached hydrogens (tertiary/aromatic N) is 2. The van der Waals surface area contributed by atoms with Crippen molar-refractivity contribution in [1.82, 2.24) is 0 Å². The molecule has 0 saturated heterocycles. The van der Waals surface area contributed by atoms with Crippen LogP contribution >= 0.6 is 0 Å². The van der Waals surface area contributed by atoms with Crippen LogP contribution in [-0.4, -0.2) is 24.1 Å². The number of alkyl halides is 3. The molecule has 0 aromatic carbocycles. The normalized spacial score (nSPS) is 13.4. The first-order valence-electron chi connectivity index (χ1n) is 4.47.